The van der Waals surface area contributed by atoms with Crippen LogP contribution in [0.15, 0.2) is 0 Å². The summed E-state index contributed by atoms with van der Waals surface area (Å²) in [5, 5.41) is 0. The van der Waals surface area contributed by atoms with Crippen molar-refractivity contribution in [2.75, 3.05) is 19.8 Å². The summed E-state index contributed by atoms with van der Waals surface area (Å²) in [5.41, 5.74) is 0. The fraction of sp³-hybridized carbons (Fsp3) is 1.00. The van der Waals surface area contributed by atoms with Crippen LogP contribution in [0.4, 0.5) is 0 Å². The molecule has 0 aromatic carbocycles. The average Bonchev–Trinajstić information content (AvgIpc) is 2.65. The Kier molecular flexibility index (Phi) is 2.87. The fourth-order valence-electron chi connectivity index (χ4n) is 0.847. The second kappa shape index (κ2) is 3.52. The lowest BCUT2D eigenvalue weighted by Crippen LogP contribution is -2.29. The van der Waals surface area contributed by atoms with Crippen LogP contribution in [0.1, 0.15) is 20.8 Å². The molecule has 1 heterocycles. The molecule has 3 heteroatoms. The molecule has 1 unspecified atom stereocenters. The molecule has 1 aliphatic heterocycles. The van der Waals surface area contributed by atoms with Crippen LogP contribution in [0.2, 0.25) is 0 Å². The van der Waals surface area contributed by atoms with E-state index in [-0.39, 0.29) is 0 Å². The van der Waals surface area contributed by atoms with E-state index in [1.165, 1.54) is 0 Å². The summed E-state index contributed by atoms with van der Waals surface area (Å²) in [6.45, 7) is 7.95. The van der Waals surface area contributed by atoms with Crippen LogP contribution in [0.25, 0.3) is 0 Å². The van der Waals surface area contributed by atoms with Crippen molar-refractivity contribution in [1.82, 2.24) is 0 Å². The van der Waals surface area contributed by atoms with E-state index in [2.05, 4.69) is 0 Å². The minimum Gasteiger partial charge on any atom is -0.371 e. The first-order chi connectivity index (χ1) is 5.14. The van der Waals surface area contributed by atoms with Crippen molar-refractivity contribution in [1.29, 1.82) is 0 Å². The number of hydrogen-bond donors (Lipinski definition) is 0. The Morgan fingerprint density at radius 1 is 1.45 bits per heavy atom. The maximum absolute atomic E-state index is 5.45. The zero-order valence-corrected chi connectivity index (χ0v) is 7.42. The van der Waals surface area contributed by atoms with Crippen molar-refractivity contribution < 1.29 is 14.2 Å². The lowest BCUT2D eigenvalue weighted by atomic mass is 10.4. The molecule has 0 spiro atoms. The van der Waals surface area contributed by atoms with E-state index in [0.29, 0.717) is 19.3 Å². The van der Waals surface area contributed by atoms with Crippen LogP contribution >= 0.6 is 0 Å². The van der Waals surface area contributed by atoms with Crippen LogP contribution in [0, 0.1) is 0 Å². The number of hydrogen-bond acceptors (Lipinski definition) is 3. The first-order valence-corrected chi connectivity index (χ1v) is 4.03. The van der Waals surface area contributed by atoms with Gasteiger partial charge in [-0.15, -0.1) is 0 Å². The Morgan fingerprint density at radius 2 is 2.09 bits per heavy atom. The first-order valence-electron chi connectivity index (χ1n) is 4.03. The third kappa shape index (κ3) is 3.70. The normalized spacial score (nSPS) is 23.7. The summed E-state index contributed by atoms with van der Waals surface area (Å²) in [4.78, 5) is 0. The largest absolute Gasteiger partial charge is 0.371 e. The summed E-state index contributed by atoms with van der Waals surface area (Å²) in [6.07, 6.45) is 0.315. The van der Waals surface area contributed by atoms with Gasteiger partial charge in [0, 0.05) is 6.61 Å². The average molecular weight is 160 g/mol. The number of epoxide rings is 1. The van der Waals surface area contributed by atoms with Gasteiger partial charge >= 0.3 is 0 Å². The summed E-state index contributed by atoms with van der Waals surface area (Å²) in [5.74, 6) is -0.458. The summed E-state index contributed by atoms with van der Waals surface area (Å²) >= 11 is 0. The molecule has 0 N–H and O–H groups in total. The summed E-state index contributed by atoms with van der Waals surface area (Å²) < 4.78 is 15.8. The minimum atomic E-state index is -0.458. The topological polar surface area (TPSA) is 31.0 Å². The van der Waals surface area contributed by atoms with Crippen molar-refractivity contribution in [3.05, 3.63) is 0 Å². The third-order valence-corrected chi connectivity index (χ3v) is 1.51. The molecule has 1 atom stereocenters. The molecule has 1 fully saturated rings. The third-order valence-electron chi connectivity index (χ3n) is 1.51. The fourth-order valence-corrected chi connectivity index (χ4v) is 0.847. The number of rotatable bonds is 5. The minimum absolute atomic E-state index is 0.315. The molecule has 0 amide bonds. The molecule has 0 aromatic heterocycles. The second-order valence-corrected chi connectivity index (χ2v) is 3.10. The van der Waals surface area contributed by atoms with E-state index in [1.54, 1.807) is 0 Å². The van der Waals surface area contributed by atoms with Gasteiger partial charge in [0.15, 0.2) is 5.79 Å². The number of ether oxygens (including phenoxy) is 3. The molecule has 0 saturated carbocycles. The van der Waals surface area contributed by atoms with Crippen LogP contribution in [0.3, 0.4) is 0 Å². The van der Waals surface area contributed by atoms with Crippen LogP contribution < -0.4 is 0 Å². The molecule has 11 heavy (non-hydrogen) atoms. The molecular weight excluding hydrogens is 144 g/mol. The van der Waals surface area contributed by atoms with E-state index >= 15 is 0 Å². The highest BCUT2D eigenvalue weighted by atomic mass is 16.7. The van der Waals surface area contributed by atoms with Gasteiger partial charge in [-0.05, 0) is 20.8 Å². The van der Waals surface area contributed by atoms with Gasteiger partial charge in [-0.2, -0.15) is 0 Å². The van der Waals surface area contributed by atoms with Crippen molar-refractivity contribution in [2.45, 2.75) is 32.7 Å². The van der Waals surface area contributed by atoms with E-state index < -0.39 is 5.79 Å². The van der Waals surface area contributed by atoms with Gasteiger partial charge in [-0.25, -0.2) is 0 Å². The highest BCUT2D eigenvalue weighted by Gasteiger charge is 2.27. The Bertz CT molecular complexity index is 119. The monoisotopic (exact) mass is 160 g/mol. The van der Waals surface area contributed by atoms with E-state index in [4.69, 9.17) is 14.2 Å². The Morgan fingerprint density at radius 3 is 2.55 bits per heavy atom. The molecule has 0 radical (unpaired) electrons. The quantitative estimate of drug-likeness (QED) is 0.447. The Hall–Kier alpha value is -0.120. The van der Waals surface area contributed by atoms with Gasteiger partial charge in [0.1, 0.15) is 6.10 Å². The molecule has 0 aliphatic carbocycles. The molecule has 1 aliphatic rings. The van der Waals surface area contributed by atoms with Crippen molar-refractivity contribution in [3.8, 4) is 0 Å². The standard InChI is InChI=1S/C8H16O3/c1-4-10-8(2,3)11-6-7-5-9-7/h7H,4-6H2,1-3H3. The first kappa shape index (κ1) is 8.97. The SMILES string of the molecule is CCOC(C)(C)OCC1CO1. The maximum Gasteiger partial charge on any atom is 0.162 e. The van der Waals surface area contributed by atoms with E-state index in [1.807, 2.05) is 20.8 Å². The van der Waals surface area contributed by atoms with Gasteiger partial charge < -0.3 is 14.2 Å². The Balaban J connectivity index is 2.09. The molecule has 3 nitrogen and oxygen atoms in total. The van der Waals surface area contributed by atoms with Crippen LogP contribution in [0.5, 0.6) is 0 Å². The van der Waals surface area contributed by atoms with Crippen LogP contribution in [-0.2, 0) is 14.2 Å². The molecule has 66 valence electrons. The van der Waals surface area contributed by atoms with Gasteiger partial charge in [0.2, 0.25) is 0 Å². The molecule has 1 saturated heterocycles. The lowest BCUT2D eigenvalue weighted by molar-refractivity contribution is -0.212. The summed E-state index contributed by atoms with van der Waals surface area (Å²) in [6, 6.07) is 0. The summed E-state index contributed by atoms with van der Waals surface area (Å²) in [7, 11) is 0. The van der Waals surface area contributed by atoms with E-state index in [0.717, 1.165) is 6.61 Å². The predicted molar refractivity (Wildman–Crippen MR) is 41.4 cm³/mol. The van der Waals surface area contributed by atoms with Gasteiger partial charge in [-0.1, -0.05) is 0 Å². The zero-order valence-electron chi connectivity index (χ0n) is 7.42. The highest BCUT2D eigenvalue weighted by molar-refractivity contribution is 4.69. The van der Waals surface area contributed by atoms with Gasteiger partial charge in [-0.3, -0.25) is 0 Å². The molecule has 0 bridgehead atoms. The highest BCUT2D eigenvalue weighted by Crippen LogP contribution is 2.16. The lowest BCUT2D eigenvalue weighted by Gasteiger charge is -2.24. The molecule has 0 aromatic rings. The van der Waals surface area contributed by atoms with E-state index in [9.17, 15) is 0 Å². The molecule has 1 rings (SSSR count). The second-order valence-electron chi connectivity index (χ2n) is 3.10. The smallest absolute Gasteiger partial charge is 0.162 e. The Labute approximate surface area is 67.6 Å². The zero-order chi connectivity index (χ0) is 8.32. The maximum atomic E-state index is 5.45. The van der Waals surface area contributed by atoms with Crippen LogP contribution in [-0.4, -0.2) is 31.7 Å². The van der Waals surface area contributed by atoms with Crippen molar-refractivity contribution >= 4 is 0 Å². The van der Waals surface area contributed by atoms with Crippen molar-refractivity contribution in [3.63, 3.8) is 0 Å². The van der Waals surface area contributed by atoms with Gasteiger partial charge in [0.05, 0.1) is 13.2 Å². The molecular formula is C8H16O3. The van der Waals surface area contributed by atoms with Crippen molar-refractivity contribution in [2.24, 2.45) is 0 Å². The predicted octanol–water partition coefficient (Wildman–Crippen LogP) is 1.17. The van der Waals surface area contributed by atoms with Gasteiger partial charge in [0.25, 0.3) is 0 Å².